The second kappa shape index (κ2) is 4.26. The molecule has 0 aliphatic carbocycles. The standard InChI is InChI=1S/C10H14F6O2/c1-7(11,12)6-10(8(2,13)14,9(3,15)16)4-17-5-18-6/h6H,4-5H2,1-3H3. The van der Waals surface area contributed by atoms with Gasteiger partial charge in [0.1, 0.15) is 12.9 Å². The average molecular weight is 280 g/mol. The predicted octanol–water partition coefficient (Wildman–Crippen LogP) is 3.31. The molecule has 1 aliphatic heterocycles. The van der Waals surface area contributed by atoms with Gasteiger partial charge < -0.3 is 9.47 Å². The Hall–Kier alpha value is -0.500. The smallest absolute Gasteiger partial charge is 0.272 e. The van der Waals surface area contributed by atoms with Gasteiger partial charge in [-0.1, -0.05) is 0 Å². The van der Waals surface area contributed by atoms with Crippen molar-refractivity contribution in [1.29, 1.82) is 0 Å². The Labute approximate surface area is 100 Å². The van der Waals surface area contributed by atoms with Crippen LogP contribution in [-0.4, -0.2) is 37.3 Å². The number of hydrogen-bond acceptors (Lipinski definition) is 2. The number of alkyl halides is 6. The molecule has 1 aliphatic rings. The van der Waals surface area contributed by atoms with Crippen molar-refractivity contribution in [2.24, 2.45) is 5.41 Å². The zero-order valence-corrected chi connectivity index (χ0v) is 10.1. The van der Waals surface area contributed by atoms with Crippen LogP contribution in [0.25, 0.3) is 0 Å². The molecule has 1 rings (SSSR count). The van der Waals surface area contributed by atoms with Gasteiger partial charge in [0.05, 0.1) is 6.61 Å². The first kappa shape index (κ1) is 15.6. The van der Waals surface area contributed by atoms with E-state index >= 15 is 0 Å². The summed E-state index contributed by atoms with van der Waals surface area (Å²) in [5, 5.41) is 0. The summed E-state index contributed by atoms with van der Waals surface area (Å²) in [7, 11) is 0. The van der Waals surface area contributed by atoms with Crippen molar-refractivity contribution in [2.45, 2.75) is 44.6 Å². The molecule has 0 aromatic rings. The van der Waals surface area contributed by atoms with E-state index in [1.54, 1.807) is 0 Å². The van der Waals surface area contributed by atoms with E-state index in [4.69, 9.17) is 0 Å². The molecule has 18 heavy (non-hydrogen) atoms. The zero-order chi connectivity index (χ0) is 14.4. The lowest BCUT2D eigenvalue weighted by atomic mass is 9.70. The lowest BCUT2D eigenvalue weighted by molar-refractivity contribution is -0.367. The molecule has 1 atom stereocenters. The number of ether oxygens (including phenoxy) is 2. The van der Waals surface area contributed by atoms with Gasteiger partial charge in [0.15, 0.2) is 5.41 Å². The molecule has 0 amide bonds. The van der Waals surface area contributed by atoms with Gasteiger partial charge in [0, 0.05) is 20.8 Å². The SMILES string of the molecule is CC(F)(F)C1OCOCC1(C(C)(F)F)C(C)(F)F. The summed E-state index contributed by atoms with van der Waals surface area (Å²) in [5.74, 6) is -12.0. The van der Waals surface area contributed by atoms with Gasteiger partial charge in [-0.2, -0.15) is 0 Å². The van der Waals surface area contributed by atoms with Crippen molar-refractivity contribution in [1.82, 2.24) is 0 Å². The molecule has 0 aromatic heterocycles. The molecule has 108 valence electrons. The largest absolute Gasteiger partial charge is 0.354 e. The summed E-state index contributed by atoms with van der Waals surface area (Å²) in [6.45, 7) is -1.31. The first-order valence-electron chi connectivity index (χ1n) is 5.17. The fourth-order valence-corrected chi connectivity index (χ4v) is 2.21. The second-order valence-corrected chi connectivity index (χ2v) is 4.72. The van der Waals surface area contributed by atoms with E-state index < -0.39 is 42.7 Å². The van der Waals surface area contributed by atoms with Gasteiger partial charge in [-0.25, -0.2) is 26.3 Å². The Kier molecular flexibility index (Phi) is 3.68. The summed E-state index contributed by atoms with van der Waals surface area (Å²) < 4.78 is 89.7. The summed E-state index contributed by atoms with van der Waals surface area (Å²) >= 11 is 0. The first-order valence-corrected chi connectivity index (χ1v) is 5.17. The number of halogens is 6. The van der Waals surface area contributed by atoms with E-state index in [9.17, 15) is 26.3 Å². The highest BCUT2D eigenvalue weighted by Crippen LogP contribution is 2.56. The minimum Gasteiger partial charge on any atom is -0.354 e. The van der Waals surface area contributed by atoms with Crippen molar-refractivity contribution in [2.75, 3.05) is 13.4 Å². The van der Waals surface area contributed by atoms with Crippen molar-refractivity contribution < 1.29 is 35.8 Å². The summed E-state index contributed by atoms with van der Waals surface area (Å²) in [6, 6.07) is 0. The van der Waals surface area contributed by atoms with Crippen LogP contribution in [0.15, 0.2) is 0 Å². The fraction of sp³-hybridized carbons (Fsp3) is 1.00. The van der Waals surface area contributed by atoms with Crippen LogP contribution in [0.2, 0.25) is 0 Å². The van der Waals surface area contributed by atoms with E-state index in [1.165, 1.54) is 0 Å². The molecule has 0 radical (unpaired) electrons. The van der Waals surface area contributed by atoms with Gasteiger partial charge in [-0.3, -0.25) is 0 Å². The molecule has 1 unspecified atom stereocenters. The molecule has 1 fully saturated rings. The van der Waals surface area contributed by atoms with E-state index in [-0.39, 0.29) is 20.8 Å². The van der Waals surface area contributed by atoms with E-state index in [1.807, 2.05) is 0 Å². The minimum atomic E-state index is -4.10. The number of hydrogen-bond donors (Lipinski definition) is 0. The number of rotatable bonds is 3. The second-order valence-electron chi connectivity index (χ2n) is 4.72. The third kappa shape index (κ3) is 2.32. The Morgan fingerprint density at radius 1 is 0.944 bits per heavy atom. The molecule has 1 heterocycles. The van der Waals surface area contributed by atoms with Gasteiger partial charge in [0.2, 0.25) is 0 Å². The van der Waals surface area contributed by atoms with Gasteiger partial charge in [-0.05, 0) is 0 Å². The van der Waals surface area contributed by atoms with Crippen LogP contribution < -0.4 is 0 Å². The van der Waals surface area contributed by atoms with Gasteiger partial charge in [-0.15, -0.1) is 0 Å². The normalized spacial score (nSPS) is 26.2. The first-order chi connectivity index (χ1) is 7.84. The maximum atomic E-state index is 13.6. The summed E-state index contributed by atoms with van der Waals surface area (Å²) in [6.07, 6.45) is -2.63. The third-order valence-corrected chi connectivity index (χ3v) is 3.12. The Bertz CT molecular complexity index is 287. The molecule has 8 heteroatoms. The maximum Gasteiger partial charge on any atom is 0.272 e. The maximum absolute atomic E-state index is 13.6. The Morgan fingerprint density at radius 3 is 1.67 bits per heavy atom. The van der Waals surface area contributed by atoms with Crippen LogP contribution in [0.4, 0.5) is 26.3 Å². The van der Waals surface area contributed by atoms with Crippen LogP contribution in [0.1, 0.15) is 20.8 Å². The average Bonchev–Trinajstić information content (AvgIpc) is 2.12. The van der Waals surface area contributed by atoms with Crippen LogP contribution >= 0.6 is 0 Å². The molecule has 0 N–H and O–H groups in total. The van der Waals surface area contributed by atoms with Crippen molar-refractivity contribution in [3.8, 4) is 0 Å². The molecule has 2 nitrogen and oxygen atoms in total. The van der Waals surface area contributed by atoms with Crippen LogP contribution in [0.3, 0.4) is 0 Å². The molecule has 0 saturated carbocycles. The monoisotopic (exact) mass is 280 g/mol. The summed E-state index contributed by atoms with van der Waals surface area (Å²) in [4.78, 5) is 0. The highest BCUT2D eigenvalue weighted by Gasteiger charge is 2.73. The van der Waals surface area contributed by atoms with E-state index in [2.05, 4.69) is 9.47 Å². The van der Waals surface area contributed by atoms with Gasteiger partial charge >= 0.3 is 0 Å². The molecule has 0 spiro atoms. The molecule has 0 bridgehead atoms. The highest BCUT2D eigenvalue weighted by atomic mass is 19.3. The quantitative estimate of drug-likeness (QED) is 0.738. The third-order valence-electron chi connectivity index (χ3n) is 3.12. The lowest BCUT2D eigenvalue weighted by Crippen LogP contribution is -2.68. The Morgan fingerprint density at radius 2 is 1.39 bits per heavy atom. The highest BCUT2D eigenvalue weighted by molar-refractivity contribution is 5.08. The predicted molar refractivity (Wildman–Crippen MR) is 50.0 cm³/mol. The van der Waals surface area contributed by atoms with Crippen molar-refractivity contribution >= 4 is 0 Å². The summed E-state index contributed by atoms with van der Waals surface area (Å²) in [5.41, 5.74) is -3.41. The van der Waals surface area contributed by atoms with Crippen LogP contribution in [0.5, 0.6) is 0 Å². The molecule has 0 aromatic carbocycles. The van der Waals surface area contributed by atoms with Crippen molar-refractivity contribution in [3.63, 3.8) is 0 Å². The fourth-order valence-electron chi connectivity index (χ4n) is 2.21. The lowest BCUT2D eigenvalue weighted by Gasteiger charge is -2.50. The van der Waals surface area contributed by atoms with Crippen LogP contribution in [-0.2, 0) is 9.47 Å². The van der Waals surface area contributed by atoms with E-state index in [0.717, 1.165) is 0 Å². The van der Waals surface area contributed by atoms with E-state index in [0.29, 0.717) is 0 Å². The molecular weight excluding hydrogens is 266 g/mol. The minimum absolute atomic E-state index is 0.168. The topological polar surface area (TPSA) is 18.5 Å². The molecular formula is C10H14F6O2. The van der Waals surface area contributed by atoms with Crippen LogP contribution in [0, 0.1) is 5.41 Å². The zero-order valence-electron chi connectivity index (χ0n) is 10.1. The van der Waals surface area contributed by atoms with Gasteiger partial charge in [0.25, 0.3) is 17.8 Å². The molecule has 1 saturated heterocycles. The van der Waals surface area contributed by atoms with Crippen molar-refractivity contribution in [3.05, 3.63) is 0 Å². The Balaban J connectivity index is 3.38.